The number of alkyl halides is 1. The highest BCUT2D eigenvalue weighted by Gasteiger charge is 2.56. The quantitative estimate of drug-likeness (QED) is 0.303. The van der Waals surface area contributed by atoms with Gasteiger partial charge in [-0.1, -0.05) is 22.9 Å². The molecule has 1 heterocycles. The summed E-state index contributed by atoms with van der Waals surface area (Å²) >= 11 is 3.25. The fourth-order valence-electron chi connectivity index (χ4n) is 3.23. The molecule has 0 saturated carbocycles. The molecule has 1 aliphatic rings. The van der Waals surface area contributed by atoms with E-state index in [0.29, 0.717) is 0 Å². The molecule has 0 spiro atoms. The van der Waals surface area contributed by atoms with Gasteiger partial charge >= 0.3 is 17.9 Å². The van der Waals surface area contributed by atoms with E-state index in [2.05, 4.69) is 21.2 Å². The van der Waals surface area contributed by atoms with Crippen LogP contribution in [-0.4, -0.2) is 70.0 Å². The molecule has 166 valence electrons. The molecule has 2 N–H and O–H groups in total. The van der Waals surface area contributed by atoms with Gasteiger partial charge in [-0.15, -0.1) is 0 Å². The van der Waals surface area contributed by atoms with Crippen molar-refractivity contribution in [3.8, 4) is 0 Å². The van der Waals surface area contributed by atoms with E-state index in [1.54, 1.807) is 6.92 Å². The van der Waals surface area contributed by atoms with Crippen molar-refractivity contribution in [2.24, 2.45) is 0 Å². The number of rotatable bonds is 7. The number of halogens is 1. The molecule has 1 fully saturated rings. The summed E-state index contributed by atoms with van der Waals surface area (Å²) in [4.78, 5) is 46.8. The van der Waals surface area contributed by atoms with Gasteiger partial charge in [-0.25, -0.2) is 0 Å². The van der Waals surface area contributed by atoms with Crippen LogP contribution in [0.25, 0.3) is 0 Å². The second-order valence-electron chi connectivity index (χ2n) is 6.94. The van der Waals surface area contributed by atoms with Crippen LogP contribution < -0.4 is 5.32 Å². The number of amides is 1. The molecule has 7 atom stereocenters. The predicted molar refractivity (Wildman–Crippen MR) is 103 cm³/mol. The Hall–Kier alpha value is -1.72. The first-order valence-electron chi connectivity index (χ1n) is 9.13. The van der Waals surface area contributed by atoms with Crippen LogP contribution in [0, 0.1) is 0 Å². The summed E-state index contributed by atoms with van der Waals surface area (Å²) in [6, 6.07) is -1.09. The van der Waals surface area contributed by atoms with Crippen molar-refractivity contribution in [2.45, 2.75) is 89.0 Å². The lowest BCUT2D eigenvalue weighted by Crippen LogP contribution is -2.70. The second kappa shape index (κ2) is 10.4. The molecular formula is C18H28BrNO9. The van der Waals surface area contributed by atoms with Crippen LogP contribution in [0.2, 0.25) is 0 Å². The number of aliphatic hydroxyl groups is 1. The van der Waals surface area contributed by atoms with Crippen LogP contribution in [0.15, 0.2) is 0 Å². The van der Waals surface area contributed by atoms with Crippen LogP contribution in [-0.2, 0) is 38.1 Å². The molecule has 2 unspecified atom stereocenters. The Balaban J connectivity index is 3.48. The summed E-state index contributed by atoms with van der Waals surface area (Å²) in [5.41, 5.74) is 0. The minimum absolute atomic E-state index is 0.268. The fraction of sp³-hybridized carbons (Fsp3) is 0.778. The SMILES string of the molecule is CC[C@@H](OC(C)=O)[C@@H](OC(C)=O)C1O[C@@](C)(Br)C(O)[C@@H](OC(C)=O)[C@H]1NC(C)=O. The minimum Gasteiger partial charge on any atom is -0.459 e. The van der Waals surface area contributed by atoms with E-state index in [4.69, 9.17) is 18.9 Å². The second-order valence-corrected chi connectivity index (χ2v) is 8.52. The van der Waals surface area contributed by atoms with Crippen molar-refractivity contribution in [1.82, 2.24) is 5.32 Å². The number of hydrogen-bond acceptors (Lipinski definition) is 9. The zero-order valence-corrected chi connectivity index (χ0v) is 18.8. The molecule has 11 heteroatoms. The van der Waals surface area contributed by atoms with Crippen LogP contribution in [0.4, 0.5) is 0 Å². The van der Waals surface area contributed by atoms with Crippen molar-refractivity contribution < 1.29 is 43.2 Å². The van der Waals surface area contributed by atoms with Gasteiger partial charge in [0, 0.05) is 27.7 Å². The van der Waals surface area contributed by atoms with E-state index in [1.807, 2.05) is 0 Å². The number of carbonyl (C=O) groups excluding carboxylic acids is 4. The summed E-state index contributed by atoms with van der Waals surface area (Å²) in [5, 5.41) is 13.2. The Morgan fingerprint density at radius 3 is 2.07 bits per heavy atom. The number of esters is 3. The highest BCUT2D eigenvalue weighted by Crippen LogP contribution is 2.38. The molecule has 0 aromatic rings. The molecule has 0 radical (unpaired) electrons. The molecule has 1 saturated heterocycles. The third-order valence-corrected chi connectivity index (χ3v) is 4.95. The van der Waals surface area contributed by atoms with E-state index in [9.17, 15) is 24.3 Å². The fourth-order valence-corrected chi connectivity index (χ4v) is 3.70. The van der Waals surface area contributed by atoms with Crippen LogP contribution in [0.5, 0.6) is 0 Å². The lowest BCUT2D eigenvalue weighted by Gasteiger charge is -2.49. The van der Waals surface area contributed by atoms with Crippen molar-refractivity contribution >= 4 is 39.7 Å². The molecule has 29 heavy (non-hydrogen) atoms. The molecule has 0 bridgehead atoms. The van der Waals surface area contributed by atoms with Crippen molar-refractivity contribution in [3.05, 3.63) is 0 Å². The zero-order chi connectivity index (χ0) is 22.5. The average molecular weight is 482 g/mol. The minimum atomic E-state index is -1.42. The summed E-state index contributed by atoms with van der Waals surface area (Å²) < 4.78 is 20.5. The van der Waals surface area contributed by atoms with Gasteiger partial charge in [0.2, 0.25) is 5.91 Å². The largest absolute Gasteiger partial charge is 0.459 e. The third kappa shape index (κ3) is 6.93. The number of aliphatic hydroxyl groups excluding tert-OH is 1. The normalized spacial score (nSPS) is 31.2. The first-order chi connectivity index (χ1) is 13.3. The highest BCUT2D eigenvalue weighted by molar-refractivity contribution is 9.10. The van der Waals surface area contributed by atoms with Crippen molar-refractivity contribution in [1.29, 1.82) is 0 Å². The summed E-state index contributed by atoms with van der Waals surface area (Å²) in [6.45, 7) is 7.98. The van der Waals surface area contributed by atoms with Gasteiger partial charge in [0.15, 0.2) is 12.2 Å². The molecule has 0 aromatic carbocycles. The van der Waals surface area contributed by atoms with E-state index < -0.39 is 64.9 Å². The molecule has 10 nitrogen and oxygen atoms in total. The molecule has 0 aliphatic carbocycles. The monoisotopic (exact) mass is 481 g/mol. The summed E-state index contributed by atoms with van der Waals surface area (Å²) in [5.74, 6) is -2.45. The lowest BCUT2D eigenvalue weighted by molar-refractivity contribution is -0.239. The van der Waals surface area contributed by atoms with Crippen molar-refractivity contribution in [2.75, 3.05) is 0 Å². The number of nitrogens with one attached hydrogen (secondary N) is 1. The molecular weight excluding hydrogens is 454 g/mol. The Bertz CT molecular complexity index is 621. The van der Waals surface area contributed by atoms with Gasteiger partial charge in [-0.3, -0.25) is 19.2 Å². The molecule has 1 amide bonds. The Morgan fingerprint density at radius 1 is 1.10 bits per heavy atom. The maximum Gasteiger partial charge on any atom is 0.303 e. The molecule has 1 rings (SSSR count). The first-order valence-corrected chi connectivity index (χ1v) is 9.93. The lowest BCUT2D eigenvalue weighted by atomic mass is 9.87. The van der Waals surface area contributed by atoms with Gasteiger partial charge in [0.1, 0.15) is 22.8 Å². The van der Waals surface area contributed by atoms with E-state index in [1.165, 1.54) is 27.7 Å². The standard InChI is InChI=1S/C18H28BrNO9/c1-7-12(26-9(3)22)14(27-10(4)23)15-13(20-8(2)21)16(28-11(5)24)17(25)18(6,19)29-15/h12-17,25H,7H2,1-6H3,(H,20,21)/t12-,13+,14-,15?,16+,17?,18-/m1/s1. The number of hydrogen-bond donors (Lipinski definition) is 2. The predicted octanol–water partition coefficient (Wildman–Crippen LogP) is 0.567. The van der Waals surface area contributed by atoms with Crippen LogP contribution in [0.3, 0.4) is 0 Å². The first kappa shape index (κ1) is 25.3. The number of carbonyl (C=O) groups is 4. The summed E-state index contributed by atoms with van der Waals surface area (Å²) in [7, 11) is 0. The van der Waals surface area contributed by atoms with E-state index in [-0.39, 0.29) is 6.42 Å². The van der Waals surface area contributed by atoms with Gasteiger partial charge in [0.05, 0.1) is 6.04 Å². The Labute approximate surface area is 177 Å². The summed E-state index contributed by atoms with van der Waals surface area (Å²) in [6.07, 6.45) is -5.51. The van der Waals surface area contributed by atoms with Crippen LogP contribution >= 0.6 is 15.9 Å². The van der Waals surface area contributed by atoms with Gasteiger partial charge in [0.25, 0.3) is 0 Å². The maximum absolute atomic E-state index is 11.8. The maximum atomic E-state index is 11.8. The van der Waals surface area contributed by atoms with Crippen LogP contribution in [0.1, 0.15) is 48.0 Å². The highest BCUT2D eigenvalue weighted by atomic mass is 79.9. The molecule has 0 aromatic heterocycles. The number of ether oxygens (including phenoxy) is 4. The van der Waals surface area contributed by atoms with E-state index in [0.717, 1.165) is 6.92 Å². The van der Waals surface area contributed by atoms with Gasteiger partial charge in [-0.2, -0.15) is 0 Å². The van der Waals surface area contributed by atoms with Crippen molar-refractivity contribution in [3.63, 3.8) is 0 Å². The topological polar surface area (TPSA) is 137 Å². The zero-order valence-electron chi connectivity index (χ0n) is 17.3. The van der Waals surface area contributed by atoms with E-state index >= 15 is 0 Å². The average Bonchev–Trinajstić information content (AvgIpc) is 2.56. The Morgan fingerprint density at radius 2 is 1.66 bits per heavy atom. The third-order valence-electron chi connectivity index (χ3n) is 4.30. The molecule has 1 aliphatic heterocycles. The smallest absolute Gasteiger partial charge is 0.303 e. The Kier molecular flexibility index (Phi) is 9.04. The van der Waals surface area contributed by atoms with Gasteiger partial charge < -0.3 is 29.4 Å². The van der Waals surface area contributed by atoms with Gasteiger partial charge in [-0.05, 0) is 13.3 Å².